The summed E-state index contributed by atoms with van der Waals surface area (Å²) in [6.45, 7) is 5.32. The third-order valence-electron chi connectivity index (χ3n) is 4.55. The molecule has 0 spiro atoms. The second kappa shape index (κ2) is 9.44. The van der Waals surface area contributed by atoms with E-state index in [2.05, 4.69) is 5.32 Å². The molecule has 25 heavy (non-hydrogen) atoms. The second-order valence-electron chi connectivity index (χ2n) is 6.89. The zero-order valence-corrected chi connectivity index (χ0v) is 15.5. The van der Waals surface area contributed by atoms with Crippen molar-refractivity contribution in [2.45, 2.75) is 71.4 Å². The number of esters is 1. The van der Waals surface area contributed by atoms with Gasteiger partial charge in [0.15, 0.2) is 12.7 Å². The topological polar surface area (TPSA) is 64.6 Å². The zero-order chi connectivity index (χ0) is 18.2. The van der Waals surface area contributed by atoms with Crippen molar-refractivity contribution in [3.05, 3.63) is 29.3 Å². The Labute approximate surface area is 150 Å². The molecule has 1 amide bonds. The first-order chi connectivity index (χ1) is 12.0. The van der Waals surface area contributed by atoms with Gasteiger partial charge < -0.3 is 14.8 Å². The minimum atomic E-state index is -0.807. The van der Waals surface area contributed by atoms with E-state index in [1.807, 2.05) is 32.0 Å². The Bertz CT molecular complexity index is 591. The number of rotatable bonds is 6. The monoisotopic (exact) mass is 347 g/mol. The van der Waals surface area contributed by atoms with E-state index in [0.29, 0.717) is 5.75 Å². The summed E-state index contributed by atoms with van der Waals surface area (Å²) < 4.78 is 10.7. The van der Waals surface area contributed by atoms with Gasteiger partial charge in [0, 0.05) is 6.04 Å². The van der Waals surface area contributed by atoms with Crippen LogP contribution in [0.3, 0.4) is 0 Å². The van der Waals surface area contributed by atoms with Gasteiger partial charge in [-0.05, 0) is 45.2 Å². The normalized spacial score (nSPS) is 16.6. The number of aryl methyl sites for hydroxylation is 2. The van der Waals surface area contributed by atoms with Gasteiger partial charge in [0.1, 0.15) is 5.75 Å². The number of nitrogens with one attached hydrogen (secondary N) is 1. The molecule has 5 nitrogen and oxygen atoms in total. The van der Waals surface area contributed by atoms with Crippen molar-refractivity contribution in [2.24, 2.45) is 0 Å². The number of benzene rings is 1. The van der Waals surface area contributed by atoms with E-state index in [0.717, 1.165) is 36.8 Å². The smallest absolute Gasteiger partial charge is 0.344 e. The van der Waals surface area contributed by atoms with Crippen molar-refractivity contribution in [1.82, 2.24) is 5.32 Å². The Morgan fingerprint density at radius 1 is 1.16 bits per heavy atom. The van der Waals surface area contributed by atoms with Crippen molar-refractivity contribution in [1.29, 1.82) is 0 Å². The summed E-state index contributed by atoms with van der Waals surface area (Å²) in [5, 5.41) is 3.00. The SMILES string of the molecule is Cc1ccc(OCC(=O)O[C@H](C)C(=O)NC2CCCCCC2)c(C)c1. The molecule has 1 aliphatic carbocycles. The van der Waals surface area contributed by atoms with Crippen LogP contribution in [0.2, 0.25) is 0 Å². The highest BCUT2D eigenvalue weighted by Gasteiger charge is 2.22. The van der Waals surface area contributed by atoms with E-state index in [1.165, 1.54) is 12.8 Å². The first-order valence-corrected chi connectivity index (χ1v) is 9.15. The van der Waals surface area contributed by atoms with Crippen LogP contribution in [0.4, 0.5) is 0 Å². The summed E-state index contributed by atoms with van der Waals surface area (Å²) in [6.07, 6.45) is 5.94. The van der Waals surface area contributed by atoms with Gasteiger partial charge in [-0.15, -0.1) is 0 Å². The molecule has 0 saturated heterocycles. The molecule has 1 aromatic rings. The maximum absolute atomic E-state index is 12.2. The average Bonchev–Trinajstić information content (AvgIpc) is 2.82. The van der Waals surface area contributed by atoms with E-state index in [1.54, 1.807) is 6.92 Å². The van der Waals surface area contributed by atoms with Gasteiger partial charge in [-0.1, -0.05) is 43.4 Å². The molecule has 0 aliphatic heterocycles. The Balaban J connectivity index is 1.75. The average molecular weight is 347 g/mol. The van der Waals surface area contributed by atoms with Gasteiger partial charge in [0.05, 0.1) is 0 Å². The number of carbonyl (C=O) groups is 2. The molecule has 138 valence electrons. The lowest BCUT2D eigenvalue weighted by molar-refractivity contribution is -0.156. The van der Waals surface area contributed by atoms with Gasteiger partial charge >= 0.3 is 5.97 Å². The predicted octanol–water partition coefficient (Wildman–Crippen LogP) is 3.45. The van der Waals surface area contributed by atoms with Crippen LogP contribution in [0.25, 0.3) is 0 Å². The Hall–Kier alpha value is -2.04. The van der Waals surface area contributed by atoms with Crippen LogP contribution in [0.15, 0.2) is 18.2 Å². The molecule has 0 aromatic heterocycles. The molecule has 2 rings (SSSR count). The Morgan fingerprint density at radius 3 is 2.48 bits per heavy atom. The molecule has 1 aromatic carbocycles. The zero-order valence-electron chi connectivity index (χ0n) is 15.5. The standard InChI is InChI=1S/C20H29NO4/c1-14-10-11-18(15(2)12-14)24-13-19(22)25-16(3)20(23)21-17-8-6-4-5-7-9-17/h10-12,16-17H,4-9,13H2,1-3H3,(H,21,23)/t16-/m1/s1. The fourth-order valence-electron chi connectivity index (χ4n) is 3.12. The first-order valence-electron chi connectivity index (χ1n) is 9.15. The predicted molar refractivity (Wildman–Crippen MR) is 96.6 cm³/mol. The van der Waals surface area contributed by atoms with Gasteiger partial charge in [-0.25, -0.2) is 4.79 Å². The number of amides is 1. The maximum atomic E-state index is 12.2. The van der Waals surface area contributed by atoms with E-state index >= 15 is 0 Å². The first kappa shape index (κ1) is 19.3. The fourth-order valence-corrected chi connectivity index (χ4v) is 3.12. The summed E-state index contributed by atoms with van der Waals surface area (Å²) in [5.41, 5.74) is 2.10. The highest BCUT2D eigenvalue weighted by atomic mass is 16.6. The molecule has 1 atom stereocenters. The molecule has 1 N–H and O–H groups in total. The molecule has 0 unspecified atom stereocenters. The molecule has 5 heteroatoms. The third-order valence-corrected chi connectivity index (χ3v) is 4.55. The molecular formula is C20H29NO4. The fraction of sp³-hybridized carbons (Fsp3) is 0.600. The lowest BCUT2D eigenvalue weighted by atomic mass is 10.1. The summed E-state index contributed by atoms with van der Waals surface area (Å²) in [4.78, 5) is 24.1. The van der Waals surface area contributed by atoms with Crippen LogP contribution < -0.4 is 10.1 Å². The summed E-state index contributed by atoms with van der Waals surface area (Å²) in [5.74, 6) is -0.117. The number of carbonyl (C=O) groups excluding carboxylic acids is 2. The molecule has 1 aliphatic rings. The third kappa shape index (κ3) is 6.40. The highest BCUT2D eigenvalue weighted by molar-refractivity contribution is 5.83. The van der Waals surface area contributed by atoms with Crippen LogP contribution in [0.1, 0.15) is 56.6 Å². The molecular weight excluding hydrogens is 318 g/mol. The number of ether oxygens (including phenoxy) is 2. The quantitative estimate of drug-likeness (QED) is 0.632. The van der Waals surface area contributed by atoms with Crippen LogP contribution in [0.5, 0.6) is 5.75 Å². The van der Waals surface area contributed by atoms with E-state index in [4.69, 9.17) is 9.47 Å². The van der Waals surface area contributed by atoms with Crippen molar-refractivity contribution < 1.29 is 19.1 Å². The summed E-state index contributed by atoms with van der Waals surface area (Å²) in [7, 11) is 0. The van der Waals surface area contributed by atoms with Gasteiger partial charge in [0.25, 0.3) is 5.91 Å². The molecule has 0 radical (unpaired) electrons. The number of hydrogen-bond donors (Lipinski definition) is 1. The summed E-state index contributed by atoms with van der Waals surface area (Å²) in [6, 6.07) is 5.95. The van der Waals surface area contributed by atoms with Crippen LogP contribution >= 0.6 is 0 Å². The van der Waals surface area contributed by atoms with Crippen LogP contribution in [0, 0.1) is 13.8 Å². The molecule has 1 fully saturated rings. The lowest BCUT2D eigenvalue weighted by Gasteiger charge is -2.19. The van der Waals surface area contributed by atoms with Gasteiger partial charge in [-0.3, -0.25) is 4.79 Å². The van der Waals surface area contributed by atoms with Crippen molar-refractivity contribution in [2.75, 3.05) is 6.61 Å². The second-order valence-corrected chi connectivity index (χ2v) is 6.89. The lowest BCUT2D eigenvalue weighted by Crippen LogP contribution is -2.42. The maximum Gasteiger partial charge on any atom is 0.344 e. The van der Waals surface area contributed by atoms with Crippen LogP contribution in [-0.2, 0) is 14.3 Å². The van der Waals surface area contributed by atoms with Crippen molar-refractivity contribution in [3.63, 3.8) is 0 Å². The van der Waals surface area contributed by atoms with E-state index < -0.39 is 12.1 Å². The molecule has 1 saturated carbocycles. The van der Waals surface area contributed by atoms with Crippen molar-refractivity contribution >= 4 is 11.9 Å². The van der Waals surface area contributed by atoms with E-state index in [9.17, 15) is 9.59 Å². The minimum Gasteiger partial charge on any atom is -0.482 e. The molecule has 0 bridgehead atoms. The van der Waals surface area contributed by atoms with Crippen LogP contribution in [-0.4, -0.2) is 30.6 Å². The highest BCUT2D eigenvalue weighted by Crippen LogP contribution is 2.19. The minimum absolute atomic E-state index is 0.197. The number of hydrogen-bond acceptors (Lipinski definition) is 4. The van der Waals surface area contributed by atoms with E-state index in [-0.39, 0.29) is 18.6 Å². The Morgan fingerprint density at radius 2 is 1.84 bits per heavy atom. The Kier molecular flexibility index (Phi) is 7.29. The van der Waals surface area contributed by atoms with Gasteiger partial charge in [-0.2, -0.15) is 0 Å². The van der Waals surface area contributed by atoms with Gasteiger partial charge in [0.2, 0.25) is 0 Å². The summed E-state index contributed by atoms with van der Waals surface area (Å²) >= 11 is 0. The molecule has 0 heterocycles. The van der Waals surface area contributed by atoms with Crippen molar-refractivity contribution in [3.8, 4) is 5.75 Å². The largest absolute Gasteiger partial charge is 0.482 e.